The molecule has 0 bridgehead atoms. The monoisotopic (exact) mass is 378 g/mol. The van der Waals surface area contributed by atoms with Crippen molar-refractivity contribution in [3.8, 4) is 0 Å². The van der Waals surface area contributed by atoms with Crippen molar-refractivity contribution in [2.75, 3.05) is 6.61 Å². The molecule has 0 aliphatic rings. The normalized spacial score (nSPS) is 10.8. The lowest BCUT2D eigenvalue weighted by Crippen LogP contribution is -2.16. The summed E-state index contributed by atoms with van der Waals surface area (Å²) in [6.45, 7) is -0.274. The van der Waals surface area contributed by atoms with Gasteiger partial charge >= 0.3 is 5.97 Å². The van der Waals surface area contributed by atoms with Gasteiger partial charge in [-0.15, -0.1) is 11.3 Å². The fourth-order valence-corrected chi connectivity index (χ4v) is 3.20. The minimum absolute atomic E-state index is 0.0532. The van der Waals surface area contributed by atoms with Gasteiger partial charge in [0.25, 0.3) is 0 Å². The maximum Gasteiger partial charge on any atom is 0.312 e. The van der Waals surface area contributed by atoms with E-state index < -0.39 is 5.97 Å². The van der Waals surface area contributed by atoms with Crippen molar-refractivity contribution in [1.29, 1.82) is 0 Å². The molecule has 7 heteroatoms. The van der Waals surface area contributed by atoms with Crippen LogP contribution < -0.4 is 0 Å². The van der Waals surface area contributed by atoms with Gasteiger partial charge in [0.1, 0.15) is 0 Å². The second kappa shape index (κ2) is 6.41. The van der Waals surface area contributed by atoms with E-state index in [-0.39, 0.29) is 18.8 Å². The number of imidazole rings is 1. The number of ketones is 1. The van der Waals surface area contributed by atoms with Crippen molar-refractivity contribution in [3.63, 3.8) is 0 Å². The molecule has 3 rings (SSSR count). The Bertz CT molecular complexity index is 812. The molecule has 2 aromatic heterocycles. The molecule has 0 aliphatic heterocycles. The number of fused-ring (bicyclic) bond motifs is 1. The van der Waals surface area contributed by atoms with Crippen molar-refractivity contribution < 1.29 is 14.3 Å². The highest BCUT2D eigenvalue weighted by molar-refractivity contribution is 9.10. The van der Waals surface area contributed by atoms with Crippen LogP contribution in [0.4, 0.5) is 0 Å². The Morgan fingerprint density at radius 3 is 2.91 bits per heavy atom. The van der Waals surface area contributed by atoms with Crippen molar-refractivity contribution in [2.24, 2.45) is 0 Å². The van der Waals surface area contributed by atoms with Gasteiger partial charge in [0.05, 0.1) is 12.1 Å². The molecule has 0 spiro atoms. The summed E-state index contributed by atoms with van der Waals surface area (Å²) in [6.07, 6.45) is 3.71. The molecule has 0 fully saturated rings. The van der Waals surface area contributed by atoms with Gasteiger partial charge in [-0.1, -0.05) is 34.1 Å². The maximum absolute atomic E-state index is 12.0. The number of benzene rings is 1. The second-order valence-corrected chi connectivity index (χ2v) is 6.29. The van der Waals surface area contributed by atoms with Gasteiger partial charge in [-0.2, -0.15) is 0 Å². The first kappa shape index (κ1) is 14.9. The first-order valence-corrected chi connectivity index (χ1v) is 8.15. The fourth-order valence-electron chi connectivity index (χ4n) is 1.97. The van der Waals surface area contributed by atoms with Crippen molar-refractivity contribution in [3.05, 3.63) is 57.8 Å². The number of rotatable bonds is 5. The summed E-state index contributed by atoms with van der Waals surface area (Å²) >= 11 is 4.79. The van der Waals surface area contributed by atoms with Gasteiger partial charge in [-0.25, -0.2) is 4.98 Å². The number of aromatic nitrogens is 2. The van der Waals surface area contributed by atoms with E-state index in [0.29, 0.717) is 15.7 Å². The number of nitrogens with zero attached hydrogens (tertiary/aromatic N) is 2. The summed E-state index contributed by atoms with van der Waals surface area (Å²) in [5.74, 6) is -0.710. The minimum atomic E-state index is -0.467. The average Bonchev–Trinajstić information content (AvgIpc) is 3.06. The molecule has 0 saturated carbocycles. The van der Waals surface area contributed by atoms with Crippen LogP contribution in [0.3, 0.4) is 0 Å². The molecule has 22 heavy (non-hydrogen) atoms. The summed E-state index contributed by atoms with van der Waals surface area (Å²) < 4.78 is 7.57. The Morgan fingerprint density at radius 2 is 2.14 bits per heavy atom. The molecule has 0 radical (unpaired) electrons. The molecule has 5 nitrogen and oxygen atoms in total. The Kier molecular flexibility index (Phi) is 4.35. The number of halogens is 1. The van der Waals surface area contributed by atoms with Gasteiger partial charge < -0.3 is 4.74 Å². The SMILES string of the molecule is O=C(Cc1cn2ccsc2n1)OCC(=O)c1ccccc1Br. The molecule has 112 valence electrons. The van der Waals surface area contributed by atoms with Crippen LogP contribution in [0, 0.1) is 0 Å². The van der Waals surface area contributed by atoms with Gasteiger partial charge in [0.2, 0.25) is 5.78 Å². The van der Waals surface area contributed by atoms with Crippen LogP contribution in [-0.4, -0.2) is 27.7 Å². The van der Waals surface area contributed by atoms with Gasteiger partial charge in [-0.05, 0) is 6.07 Å². The zero-order valence-corrected chi connectivity index (χ0v) is 13.8. The van der Waals surface area contributed by atoms with E-state index in [1.54, 1.807) is 24.4 Å². The standard InChI is InChI=1S/C15H11BrN2O3S/c16-12-4-2-1-3-11(12)13(19)9-21-14(20)7-10-8-18-5-6-22-15(18)17-10/h1-6,8H,7,9H2. The molecule has 0 N–H and O–H groups in total. The second-order valence-electron chi connectivity index (χ2n) is 4.57. The molecule has 2 heterocycles. The number of thiazole rings is 1. The van der Waals surface area contributed by atoms with Crippen LogP contribution >= 0.6 is 27.3 Å². The number of hydrogen-bond acceptors (Lipinski definition) is 5. The van der Waals surface area contributed by atoms with Crippen LogP contribution in [0.2, 0.25) is 0 Å². The van der Waals surface area contributed by atoms with E-state index in [9.17, 15) is 9.59 Å². The van der Waals surface area contributed by atoms with Crippen molar-refractivity contribution in [2.45, 2.75) is 6.42 Å². The number of carbonyl (C=O) groups is 2. The first-order chi connectivity index (χ1) is 10.6. The van der Waals surface area contributed by atoms with Crippen molar-refractivity contribution >= 4 is 44.0 Å². The van der Waals surface area contributed by atoms with Crippen LogP contribution in [-0.2, 0) is 16.0 Å². The number of carbonyl (C=O) groups excluding carboxylic acids is 2. The number of esters is 1. The molecule has 0 atom stereocenters. The lowest BCUT2D eigenvalue weighted by Gasteiger charge is -2.05. The van der Waals surface area contributed by atoms with E-state index in [4.69, 9.17) is 4.74 Å². The molecule has 1 aromatic carbocycles. The smallest absolute Gasteiger partial charge is 0.312 e. The highest BCUT2D eigenvalue weighted by atomic mass is 79.9. The van der Waals surface area contributed by atoms with E-state index in [0.717, 1.165) is 4.96 Å². The van der Waals surface area contributed by atoms with E-state index in [1.807, 2.05) is 22.0 Å². The molecule has 0 aliphatic carbocycles. The lowest BCUT2D eigenvalue weighted by atomic mass is 10.1. The van der Waals surface area contributed by atoms with E-state index in [1.165, 1.54) is 11.3 Å². The number of Topliss-reactive ketones (excluding diaryl/α,β-unsaturated/α-hetero) is 1. The molecule has 0 amide bonds. The maximum atomic E-state index is 12.0. The minimum Gasteiger partial charge on any atom is -0.457 e. The van der Waals surface area contributed by atoms with Crippen LogP contribution in [0.15, 0.2) is 46.5 Å². The Balaban J connectivity index is 1.57. The predicted octanol–water partition coefficient (Wildman–Crippen LogP) is 3.13. The summed E-state index contributed by atoms with van der Waals surface area (Å²) in [5, 5.41) is 1.92. The summed E-state index contributed by atoms with van der Waals surface area (Å²) in [6, 6.07) is 7.03. The van der Waals surface area contributed by atoms with Gasteiger partial charge in [0, 0.05) is 27.8 Å². The molecular formula is C15H11BrN2O3S. The third-order valence-corrected chi connectivity index (χ3v) is 4.47. The predicted molar refractivity (Wildman–Crippen MR) is 86.2 cm³/mol. The lowest BCUT2D eigenvalue weighted by molar-refractivity contribution is -0.141. The number of hydrogen-bond donors (Lipinski definition) is 0. The van der Waals surface area contributed by atoms with Gasteiger partial charge in [0.15, 0.2) is 11.6 Å². The summed E-state index contributed by atoms with van der Waals surface area (Å²) in [7, 11) is 0. The first-order valence-electron chi connectivity index (χ1n) is 6.48. The number of ether oxygens (including phenoxy) is 1. The van der Waals surface area contributed by atoms with Crippen LogP contribution in [0.5, 0.6) is 0 Å². The zero-order chi connectivity index (χ0) is 15.5. The molecule has 0 unspecified atom stereocenters. The van der Waals surface area contributed by atoms with E-state index >= 15 is 0 Å². The topological polar surface area (TPSA) is 60.7 Å². The Hall–Kier alpha value is -1.99. The highest BCUT2D eigenvalue weighted by Crippen LogP contribution is 2.16. The third-order valence-electron chi connectivity index (χ3n) is 3.01. The summed E-state index contributed by atoms with van der Waals surface area (Å²) in [4.78, 5) is 28.9. The Labute approximate surface area is 138 Å². The zero-order valence-electron chi connectivity index (χ0n) is 11.4. The molecule has 3 aromatic rings. The van der Waals surface area contributed by atoms with Crippen molar-refractivity contribution in [1.82, 2.24) is 9.38 Å². The van der Waals surface area contributed by atoms with Crippen LogP contribution in [0.25, 0.3) is 4.96 Å². The molecule has 0 saturated heterocycles. The Morgan fingerprint density at radius 1 is 1.32 bits per heavy atom. The quantitative estimate of drug-likeness (QED) is 0.505. The fraction of sp³-hybridized carbons (Fsp3) is 0.133. The van der Waals surface area contributed by atoms with Crippen LogP contribution in [0.1, 0.15) is 16.1 Å². The van der Waals surface area contributed by atoms with Gasteiger partial charge in [-0.3, -0.25) is 14.0 Å². The average molecular weight is 379 g/mol. The highest BCUT2D eigenvalue weighted by Gasteiger charge is 2.14. The largest absolute Gasteiger partial charge is 0.457 e. The molecular weight excluding hydrogens is 368 g/mol. The summed E-state index contributed by atoms with van der Waals surface area (Å²) in [5.41, 5.74) is 1.13. The van der Waals surface area contributed by atoms with E-state index in [2.05, 4.69) is 20.9 Å². The third kappa shape index (κ3) is 3.26.